The van der Waals surface area contributed by atoms with E-state index in [1.165, 1.54) is 5.56 Å². The second kappa shape index (κ2) is 8.30. The van der Waals surface area contributed by atoms with Gasteiger partial charge in [0.15, 0.2) is 5.65 Å². The van der Waals surface area contributed by atoms with Crippen LogP contribution in [0.4, 0.5) is 0 Å². The molecule has 3 rings (SSSR count). The molecule has 0 saturated carbocycles. The molecule has 0 bridgehead atoms. The molecule has 0 saturated heterocycles. The smallest absolute Gasteiger partial charge is 0.160 e. The first-order valence-electron chi connectivity index (χ1n) is 9.24. The maximum atomic E-state index is 9.58. The highest BCUT2D eigenvalue weighted by Crippen LogP contribution is 2.26. The van der Waals surface area contributed by atoms with Crippen molar-refractivity contribution in [1.82, 2.24) is 25.0 Å². The van der Waals surface area contributed by atoms with Crippen LogP contribution in [-0.2, 0) is 6.54 Å². The Hall–Kier alpha value is -2.75. The lowest BCUT2D eigenvalue weighted by Crippen LogP contribution is -2.26. The van der Waals surface area contributed by atoms with Gasteiger partial charge in [-0.25, -0.2) is 9.67 Å². The minimum Gasteiger partial charge on any atom is -0.318 e. The molecule has 0 aliphatic rings. The molecule has 6 heteroatoms. The normalized spacial score (nSPS) is 11.4. The Morgan fingerprint density at radius 3 is 2.81 bits per heavy atom. The third kappa shape index (κ3) is 4.16. The third-order valence-corrected chi connectivity index (χ3v) is 4.60. The maximum absolute atomic E-state index is 9.58. The van der Waals surface area contributed by atoms with Gasteiger partial charge in [0.05, 0.1) is 22.8 Å². The van der Waals surface area contributed by atoms with Crippen molar-refractivity contribution in [1.29, 1.82) is 5.26 Å². The molecular weight excluding hydrogens is 336 g/mol. The fourth-order valence-electron chi connectivity index (χ4n) is 3.16. The summed E-state index contributed by atoms with van der Waals surface area (Å²) in [6, 6.07) is 12.7. The van der Waals surface area contributed by atoms with Crippen LogP contribution < -0.4 is 5.32 Å². The second-order valence-corrected chi connectivity index (χ2v) is 7.13. The van der Waals surface area contributed by atoms with E-state index >= 15 is 0 Å². The molecule has 0 radical (unpaired) electrons. The Balaban J connectivity index is 1.99. The van der Waals surface area contributed by atoms with Crippen molar-refractivity contribution in [2.75, 3.05) is 27.2 Å². The molecule has 0 amide bonds. The van der Waals surface area contributed by atoms with Gasteiger partial charge in [-0.05, 0) is 45.6 Å². The number of benzene rings is 1. The lowest BCUT2D eigenvalue weighted by molar-refractivity contribution is 0.328. The fraction of sp³-hybridized carbons (Fsp3) is 0.381. The molecule has 1 N–H and O–H groups in total. The van der Waals surface area contributed by atoms with Crippen LogP contribution in [0, 0.1) is 11.3 Å². The van der Waals surface area contributed by atoms with Crippen molar-refractivity contribution in [3.63, 3.8) is 0 Å². The zero-order valence-corrected chi connectivity index (χ0v) is 16.4. The summed E-state index contributed by atoms with van der Waals surface area (Å²) in [5.41, 5.74) is 4.42. The molecule has 2 aromatic heterocycles. The second-order valence-electron chi connectivity index (χ2n) is 7.13. The van der Waals surface area contributed by atoms with Crippen molar-refractivity contribution in [2.45, 2.75) is 26.4 Å². The summed E-state index contributed by atoms with van der Waals surface area (Å²) in [5, 5.41) is 18.0. The summed E-state index contributed by atoms with van der Waals surface area (Å²) in [5.74, 6) is 0. The standard InChI is InChI=1S/C21H26N6/c1-15(2)27-21-19(13-24-27)18(12-22)11-20(25-21)17-7-5-6-16(10-17)14-26(4)9-8-23-3/h5-7,10-11,13,15,23H,8-9,14H2,1-4H3. The highest BCUT2D eigenvalue weighted by molar-refractivity contribution is 5.85. The Bertz CT molecular complexity index is 966. The van der Waals surface area contributed by atoms with Crippen molar-refractivity contribution < 1.29 is 0 Å². The number of aromatic nitrogens is 3. The van der Waals surface area contributed by atoms with E-state index < -0.39 is 0 Å². The topological polar surface area (TPSA) is 69.8 Å². The predicted octanol–water partition coefficient (Wildman–Crippen LogP) is 3.20. The molecule has 3 aromatic rings. The number of nitriles is 1. The van der Waals surface area contributed by atoms with Gasteiger partial charge in [-0.2, -0.15) is 10.4 Å². The molecule has 0 unspecified atom stereocenters. The highest BCUT2D eigenvalue weighted by atomic mass is 15.3. The SMILES string of the molecule is CNCCN(C)Cc1cccc(-c2cc(C#N)c3cnn(C(C)C)c3n2)c1. The largest absolute Gasteiger partial charge is 0.318 e. The van der Waals surface area contributed by atoms with Gasteiger partial charge in [-0.1, -0.05) is 18.2 Å². The number of likely N-dealkylation sites (N-methyl/N-ethyl adjacent to an activating group) is 2. The van der Waals surface area contributed by atoms with Gasteiger partial charge in [0.2, 0.25) is 0 Å². The van der Waals surface area contributed by atoms with Crippen molar-refractivity contribution in [2.24, 2.45) is 0 Å². The minimum absolute atomic E-state index is 0.184. The molecule has 6 nitrogen and oxygen atoms in total. The third-order valence-electron chi connectivity index (χ3n) is 4.60. The van der Waals surface area contributed by atoms with E-state index in [1.54, 1.807) is 6.20 Å². The van der Waals surface area contributed by atoms with Gasteiger partial charge in [0.25, 0.3) is 0 Å². The summed E-state index contributed by atoms with van der Waals surface area (Å²) < 4.78 is 1.87. The lowest BCUT2D eigenvalue weighted by Gasteiger charge is -2.17. The molecule has 2 heterocycles. The highest BCUT2D eigenvalue weighted by Gasteiger charge is 2.14. The van der Waals surface area contributed by atoms with Gasteiger partial charge in [0.1, 0.15) is 6.07 Å². The average Bonchev–Trinajstić information content (AvgIpc) is 3.10. The number of hydrogen-bond acceptors (Lipinski definition) is 5. The summed E-state index contributed by atoms with van der Waals surface area (Å²) in [6.07, 6.45) is 1.73. The van der Waals surface area contributed by atoms with Crippen molar-refractivity contribution in [3.05, 3.63) is 47.7 Å². The summed E-state index contributed by atoms with van der Waals surface area (Å²) in [6.45, 7) is 6.94. The Labute approximate surface area is 160 Å². The van der Waals surface area contributed by atoms with Crippen LogP contribution in [0.3, 0.4) is 0 Å². The number of pyridine rings is 1. The predicted molar refractivity (Wildman–Crippen MR) is 108 cm³/mol. The average molecular weight is 362 g/mol. The molecule has 0 aliphatic heterocycles. The van der Waals surface area contributed by atoms with E-state index in [4.69, 9.17) is 4.98 Å². The van der Waals surface area contributed by atoms with Gasteiger partial charge >= 0.3 is 0 Å². The molecule has 140 valence electrons. The van der Waals surface area contributed by atoms with E-state index in [9.17, 15) is 5.26 Å². The zero-order chi connectivity index (χ0) is 19.4. The molecule has 0 aliphatic carbocycles. The van der Waals surface area contributed by atoms with Crippen LogP contribution in [0.2, 0.25) is 0 Å². The van der Waals surface area contributed by atoms with E-state index in [2.05, 4.69) is 54.4 Å². The quantitative estimate of drug-likeness (QED) is 0.699. The van der Waals surface area contributed by atoms with Gasteiger partial charge < -0.3 is 10.2 Å². The van der Waals surface area contributed by atoms with Crippen molar-refractivity contribution in [3.8, 4) is 17.3 Å². The zero-order valence-electron chi connectivity index (χ0n) is 16.4. The van der Waals surface area contributed by atoms with Gasteiger partial charge in [0, 0.05) is 31.2 Å². The molecule has 0 atom stereocenters. The number of rotatable bonds is 7. The molecule has 1 aromatic carbocycles. The minimum atomic E-state index is 0.184. The molecule has 27 heavy (non-hydrogen) atoms. The number of hydrogen-bond donors (Lipinski definition) is 1. The number of nitrogens with zero attached hydrogens (tertiary/aromatic N) is 5. The Morgan fingerprint density at radius 2 is 2.11 bits per heavy atom. The fourth-order valence-corrected chi connectivity index (χ4v) is 3.16. The Morgan fingerprint density at radius 1 is 1.30 bits per heavy atom. The maximum Gasteiger partial charge on any atom is 0.160 e. The summed E-state index contributed by atoms with van der Waals surface area (Å²) in [4.78, 5) is 7.11. The lowest BCUT2D eigenvalue weighted by atomic mass is 10.0. The first-order valence-corrected chi connectivity index (χ1v) is 9.24. The van der Waals surface area contributed by atoms with Crippen LogP contribution in [0.15, 0.2) is 36.5 Å². The van der Waals surface area contributed by atoms with Crippen LogP contribution >= 0.6 is 0 Å². The number of fused-ring (bicyclic) bond motifs is 1. The summed E-state index contributed by atoms with van der Waals surface area (Å²) >= 11 is 0. The van der Waals surface area contributed by atoms with Gasteiger partial charge in [-0.3, -0.25) is 0 Å². The van der Waals surface area contributed by atoms with Crippen LogP contribution in [-0.4, -0.2) is 46.8 Å². The molecule has 0 fully saturated rings. The number of nitrogens with one attached hydrogen (secondary N) is 1. The molecular formula is C21H26N6. The first-order chi connectivity index (χ1) is 13.0. The van der Waals surface area contributed by atoms with Crippen LogP contribution in [0.25, 0.3) is 22.3 Å². The van der Waals surface area contributed by atoms with E-state index in [0.29, 0.717) is 5.56 Å². The Kier molecular flexibility index (Phi) is 5.84. The van der Waals surface area contributed by atoms with E-state index in [0.717, 1.165) is 41.9 Å². The first kappa shape index (κ1) is 19.0. The molecule has 0 spiro atoms. The van der Waals surface area contributed by atoms with E-state index in [1.807, 2.05) is 29.9 Å². The van der Waals surface area contributed by atoms with Crippen LogP contribution in [0.1, 0.15) is 31.0 Å². The van der Waals surface area contributed by atoms with Crippen molar-refractivity contribution >= 4 is 11.0 Å². The van der Waals surface area contributed by atoms with E-state index in [-0.39, 0.29) is 6.04 Å². The summed E-state index contributed by atoms with van der Waals surface area (Å²) in [7, 11) is 4.08. The van der Waals surface area contributed by atoms with Gasteiger partial charge in [-0.15, -0.1) is 0 Å². The monoisotopic (exact) mass is 362 g/mol. The van der Waals surface area contributed by atoms with Crippen LogP contribution in [0.5, 0.6) is 0 Å².